The standard InChI is InChI=1S/C13H24N2O3/c1-9(2)11(8-13(17)18)15-12(16)7-10-3-5-14-6-4-10/h9-11,14H,3-8H2,1-2H3,(H,15,16)(H,17,18). The Bertz CT molecular complexity index is 286. The highest BCUT2D eigenvalue weighted by atomic mass is 16.4. The number of carboxylic acids is 1. The molecule has 1 fully saturated rings. The van der Waals surface area contributed by atoms with Crippen molar-refractivity contribution in [3.8, 4) is 0 Å². The molecule has 3 N–H and O–H groups in total. The van der Waals surface area contributed by atoms with Gasteiger partial charge in [0.2, 0.25) is 5.91 Å². The van der Waals surface area contributed by atoms with Crippen molar-refractivity contribution in [1.29, 1.82) is 0 Å². The molecule has 18 heavy (non-hydrogen) atoms. The molecule has 1 heterocycles. The van der Waals surface area contributed by atoms with Gasteiger partial charge in [-0.3, -0.25) is 9.59 Å². The maximum absolute atomic E-state index is 11.9. The molecule has 5 nitrogen and oxygen atoms in total. The van der Waals surface area contributed by atoms with Gasteiger partial charge in [-0.25, -0.2) is 0 Å². The number of piperidine rings is 1. The number of amides is 1. The van der Waals surface area contributed by atoms with Gasteiger partial charge >= 0.3 is 5.97 Å². The van der Waals surface area contributed by atoms with E-state index in [2.05, 4.69) is 10.6 Å². The van der Waals surface area contributed by atoms with Crippen LogP contribution in [0.25, 0.3) is 0 Å². The van der Waals surface area contributed by atoms with Gasteiger partial charge in [0.1, 0.15) is 0 Å². The Morgan fingerprint density at radius 2 is 1.94 bits per heavy atom. The summed E-state index contributed by atoms with van der Waals surface area (Å²) in [5.41, 5.74) is 0. The number of carbonyl (C=O) groups is 2. The Kier molecular flexibility index (Phi) is 6.12. The van der Waals surface area contributed by atoms with Gasteiger partial charge in [0.05, 0.1) is 6.42 Å². The average Bonchev–Trinajstić information content (AvgIpc) is 2.28. The Labute approximate surface area is 108 Å². The molecule has 1 aliphatic heterocycles. The highest BCUT2D eigenvalue weighted by Crippen LogP contribution is 2.16. The molecule has 0 aliphatic carbocycles. The number of carboxylic acid groups (broad SMARTS) is 1. The predicted molar refractivity (Wildman–Crippen MR) is 69.2 cm³/mol. The van der Waals surface area contributed by atoms with E-state index >= 15 is 0 Å². The summed E-state index contributed by atoms with van der Waals surface area (Å²) in [5.74, 6) is -0.306. The molecule has 0 aromatic heterocycles. The van der Waals surface area contributed by atoms with Gasteiger partial charge in [-0.1, -0.05) is 13.8 Å². The van der Waals surface area contributed by atoms with E-state index in [1.807, 2.05) is 13.8 Å². The van der Waals surface area contributed by atoms with Crippen molar-refractivity contribution in [1.82, 2.24) is 10.6 Å². The highest BCUT2D eigenvalue weighted by Gasteiger charge is 2.22. The topological polar surface area (TPSA) is 78.4 Å². The minimum absolute atomic E-state index is 0.00434. The van der Waals surface area contributed by atoms with Crippen LogP contribution in [0, 0.1) is 11.8 Å². The van der Waals surface area contributed by atoms with Crippen molar-refractivity contribution < 1.29 is 14.7 Å². The van der Waals surface area contributed by atoms with Crippen LogP contribution in [-0.4, -0.2) is 36.1 Å². The second kappa shape index (κ2) is 7.36. The van der Waals surface area contributed by atoms with E-state index in [1.54, 1.807) is 0 Å². The lowest BCUT2D eigenvalue weighted by Gasteiger charge is -2.25. The van der Waals surface area contributed by atoms with Crippen molar-refractivity contribution in [2.75, 3.05) is 13.1 Å². The SMILES string of the molecule is CC(C)C(CC(=O)O)NC(=O)CC1CCNCC1. The molecule has 0 radical (unpaired) electrons. The molecule has 104 valence electrons. The minimum atomic E-state index is -0.865. The van der Waals surface area contributed by atoms with Crippen LogP contribution in [0.15, 0.2) is 0 Å². The second-order valence-corrected chi connectivity index (χ2v) is 5.41. The number of nitrogens with one attached hydrogen (secondary N) is 2. The zero-order valence-electron chi connectivity index (χ0n) is 11.2. The van der Waals surface area contributed by atoms with Crippen LogP contribution in [0.1, 0.15) is 39.5 Å². The van der Waals surface area contributed by atoms with Crippen LogP contribution < -0.4 is 10.6 Å². The summed E-state index contributed by atoms with van der Waals surface area (Å²) < 4.78 is 0. The zero-order valence-corrected chi connectivity index (χ0v) is 11.2. The molecule has 0 spiro atoms. The van der Waals surface area contributed by atoms with Gasteiger partial charge in [0, 0.05) is 12.5 Å². The van der Waals surface area contributed by atoms with Crippen LogP contribution in [0.5, 0.6) is 0 Å². The van der Waals surface area contributed by atoms with Gasteiger partial charge in [0.15, 0.2) is 0 Å². The van der Waals surface area contributed by atoms with Gasteiger partial charge < -0.3 is 15.7 Å². The fourth-order valence-corrected chi connectivity index (χ4v) is 2.26. The van der Waals surface area contributed by atoms with Crippen LogP contribution in [-0.2, 0) is 9.59 Å². The summed E-state index contributed by atoms with van der Waals surface area (Å²) in [7, 11) is 0. The monoisotopic (exact) mass is 256 g/mol. The van der Waals surface area contributed by atoms with Crippen LogP contribution in [0.3, 0.4) is 0 Å². The molecule has 0 aromatic carbocycles. The average molecular weight is 256 g/mol. The van der Waals surface area contributed by atoms with Gasteiger partial charge in [0.25, 0.3) is 0 Å². The molecule has 5 heteroatoms. The van der Waals surface area contributed by atoms with E-state index in [0.29, 0.717) is 12.3 Å². The quantitative estimate of drug-likeness (QED) is 0.662. The van der Waals surface area contributed by atoms with Gasteiger partial charge in [-0.2, -0.15) is 0 Å². The van der Waals surface area contributed by atoms with Crippen molar-refractivity contribution in [3.63, 3.8) is 0 Å². The summed E-state index contributed by atoms with van der Waals surface area (Å²) in [6.07, 6.45) is 2.57. The third-order valence-corrected chi connectivity index (χ3v) is 3.48. The van der Waals surface area contributed by atoms with E-state index in [0.717, 1.165) is 25.9 Å². The smallest absolute Gasteiger partial charge is 0.305 e. The molecule has 1 saturated heterocycles. The Morgan fingerprint density at radius 1 is 1.33 bits per heavy atom. The fraction of sp³-hybridized carbons (Fsp3) is 0.846. The first-order chi connectivity index (χ1) is 8.49. The summed E-state index contributed by atoms with van der Waals surface area (Å²) >= 11 is 0. The third kappa shape index (κ3) is 5.49. The molecule has 1 amide bonds. The largest absolute Gasteiger partial charge is 0.481 e. The summed E-state index contributed by atoms with van der Waals surface area (Å²) in [6.45, 7) is 5.80. The van der Waals surface area contributed by atoms with Crippen molar-refractivity contribution >= 4 is 11.9 Å². The lowest BCUT2D eigenvalue weighted by atomic mass is 9.93. The molecular formula is C13H24N2O3. The number of hydrogen-bond acceptors (Lipinski definition) is 3. The third-order valence-electron chi connectivity index (χ3n) is 3.48. The van der Waals surface area contributed by atoms with Crippen LogP contribution >= 0.6 is 0 Å². The Balaban J connectivity index is 2.37. The molecule has 0 aromatic rings. The second-order valence-electron chi connectivity index (χ2n) is 5.41. The van der Waals surface area contributed by atoms with Crippen molar-refractivity contribution in [3.05, 3.63) is 0 Å². The molecule has 1 aliphatic rings. The molecule has 1 unspecified atom stereocenters. The zero-order chi connectivity index (χ0) is 13.5. The van der Waals surface area contributed by atoms with E-state index in [4.69, 9.17) is 5.11 Å². The summed E-state index contributed by atoms with van der Waals surface area (Å²) in [6, 6.07) is -0.267. The van der Waals surface area contributed by atoms with E-state index in [1.165, 1.54) is 0 Å². The number of carbonyl (C=O) groups excluding carboxylic acids is 1. The minimum Gasteiger partial charge on any atom is -0.481 e. The maximum atomic E-state index is 11.9. The van der Waals surface area contributed by atoms with Gasteiger partial charge in [-0.05, 0) is 37.8 Å². The van der Waals surface area contributed by atoms with Crippen LogP contribution in [0.2, 0.25) is 0 Å². The lowest BCUT2D eigenvalue weighted by molar-refractivity contribution is -0.138. The summed E-state index contributed by atoms with van der Waals surface area (Å²) in [4.78, 5) is 22.6. The van der Waals surface area contributed by atoms with E-state index in [9.17, 15) is 9.59 Å². The lowest BCUT2D eigenvalue weighted by Crippen LogP contribution is -2.41. The van der Waals surface area contributed by atoms with E-state index < -0.39 is 5.97 Å². The van der Waals surface area contributed by atoms with Crippen molar-refractivity contribution in [2.24, 2.45) is 11.8 Å². The number of hydrogen-bond donors (Lipinski definition) is 3. The van der Waals surface area contributed by atoms with E-state index in [-0.39, 0.29) is 24.3 Å². The molecule has 1 rings (SSSR count). The maximum Gasteiger partial charge on any atom is 0.305 e. The molecule has 1 atom stereocenters. The molecule has 0 bridgehead atoms. The van der Waals surface area contributed by atoms with Gasteiger partial charge in [-0.15, -0.1) is 0 Å². The highest BCUT2D eigenvalue weighted by molar-refractivity contribution is 5.77. The Morgan fingerprint density at radius 3 is 2.44 bits per heavy atom. The van der Waals surface area contributed by atoms with Crippen LogP contribution in [0.4, 0.5) is 0 Å². The number of rotatable bonds is 6. The fourth-order valence-electron chi connectivity index (χ4n) is 2.26. The first kappa shape index (κ1) is 15.0. The Hall–Kier alpha value is -1.10. The summed E-state index contributed by atoms with van der Waals surface area (Å²) in [5, 5.41) is 14.9. The van der Waals surface area contributed by atoms with Crippen molar-refractivity contribution in [2.45, 2.75) is 45.6 Å². The molecular weight excluding hydrogens is 232 g/mol. The molecule has 0 saturated carbocycles. The normalized spacial score (nSPS) is 18.6. The predicted octanol–water partition coefficient (Wildman–Crippen LogP) is 0.992. The number of aliphatic carboxylic acids is 1. The first-order valence-electron chi connectivity index (χ1n) is 6.71. The first-order valence-corrected chi connectivity index (χ1v) is 6.71.